The van der Waals surface area contributed by atoms with Gasteiger partial charge in [0.25, 0.3) is 0 Å². The largest absolute Gasteiger partial charge is 0.493 e. The maximum Gasteiger partial charge on any atom is 0.168 e. The molecule has 68 valence electrons. The molecule has 0 aromatic carbocycles. The third kappa shape index (κ3) is 1.65. The van der Waals surface area contributed by atoms with Crippen LogP contribution in [0.4, 0.5) is 0 Å². The van der Waals surface area contributed by atoms with Crippen molar-refractivity contribution in [3.63, 3.8) is 0 Å². The highest BCUT2D eigenvalue weighted by Gasteiger charge is 2.16. The number of ketones is 1. The Hall–Kier alpha value is -1.09. The number of hydrogen-bond donors (Lipinski definition) is 0. The van der Waals surface area contributed by atoms with E-state index in [1.165, 1.54) is 6.20 Å². The van der Waals surface area contributed by atoms with Crippen molar-refractivity contribution >= 4 is 17.4 Å². The van der Waals surface area contributed by atoms with Gasteiger partial charge in [-0.05, 0) is 6.42 Å². The summed E-state index contributed by atoms with van der Waals surface area (Å²) in [5, 5.41) is 0.355. The van der Waals surface area contributed by atoms with Gasteiger partial charge in [0, 0.05) is 18.7 Å². The maximum atomic E-state index is 11.5. The second-order valence-corrected chi connectivity index (χ2v) is 3.27. The zero-order chi connectivity index (χ0) is 9.26. The number of carbonyl (C=O) groups is 1. The fraction of sp³-hybridized carbons (Fsp3) is 0.333. The Morgan fingerprint density at radius 3 is 3.23 bits per heavy atom. The molecule has 0 fully saturated rings. The topological polar surface area (TPSA) is 39.2 Å². The predicted molar refractivity (Wildman–Crippen MR) is 48.3 cm³/mol. The lowest BCUT2D eigenvalue weighted by molar-refractivity contribution is 0.0983. The lowest BCUT2D eigenvalue weighted by Gasteiger charge is -2.04. The van der Waals surface area contributed by atoms with E-state index in [1.807, 2.05) is 0 Å². The van der Waals surface area contributed by atoms with Crippen molar-refractivity contribution in [3.05, 3.63) is 23.0 Å². The van der Waals surface area contributed by atoms with Crippen molar-refractivity contribution in [2.45, 2.75) is 12.8 Å². The second-order valence-electron chi connectivity index (χ2n) is 2.88. The Kier molecular flexibility index (Phi) is 2.19. The molecule has 0 bridgehead atoms. The van der Waals surface area contributed by atoms with E-state index in [1.54, 1.807) is 6.07 Å². The highest BCUT2D eigenvalue weighted by molar-refractivity contribution is 6.29. The fourth-order valence-corrected chi connectivity index (χ4v) is 1.44. The van der Waals surface area contributed by atoms with Crippen molar-refractivity contribution in [2.75, 3.05) is 6.61 Å². The number of ether oxygens (including phenoxy) is 1. The van der Waals surface area contributed by atoms with E-state index in [4.69, 9.17) is 16.3 Å². The molecule has 2 heterocycles. The highest BCUT2D eigenvalue weighted by atomic mass is 35.5. The van der Waals surface area contributed by atoms with Gasteiger partial charge < -0.3 is 4.74 Å². The molecule has 4 heteroatoms. The quantitative estimate of drug-likeness (QED) is 0.598. The summed E-state index contributed by atoms with van der Waals surface area (Å²) in [6, 6.07) is 1.58. The highest BCUT2D eigenvalue weighted by Crippen LogP contribution is 2.25. The average molecular weight is 198 g/mol. The molecule has 1 aliphatic heterocycles. The molecule has 3 nitrogen and oxygen atoms in total. The molecule has 0 saturated heterocycles. The number of carbonyl (C=O) groups excluding carboxylic acids is 1. The van der Waals surface area contributed by atoms with Crippen LogP contribution in [0, 0.1) is 0 Å². The summed E-state index contributed by atoms with van der Waals surface area (Å²) in [4.78, 5) is 15.3. The van der Waals surface area contributed by atoms with E-state index in [0.29, 0.717) is 29.5 Å². The zero-order valence-corrected chi connectivity index (χ0v) is 7.67. The van der Waals surface area contributed by atoms with Crippen LogP contribution < -0.4 is 4.74 Å². The van der Waals surface area contributed by atoms with Gasteiger partial charge in [0.2, 0.25) is 0 Å². The third-order valence-corrected chi connectivity index (χ3v) is 2.15. The van der Waals surface area contributed by atoms with Crippen LogP contribution in [0.15, 0.2) is 12.3 Å². The minimum atomic E-state index is 0.0802. The van der Waals surface area contributed by atoms with Crippen molar-refractivity contribution in [2.24, 2.45) is 0 Å². The summed E-state index contributed by atoms with van der Waals surface area (Å²) < 4.78 is 5.35. The number of nitrogens with zero attached hydrogens (tertiary/aromatic N) is 1. The molecule has 0 N–H and O–H groups in total. The van der Waals surface area contributed by atoms with E-state index in [0.717, 1.165) is 6.42 Å². The smallest absolute Gasteiger partial charge is 0.168 e. The molecule has 2 rings (SSSR count). The summed E-state index contributed by atoms with van der Waals surface area (Å²) in [6.45, 7) is 0.569. The van der Waals surface area contributed by atoms with Gasteiger partial charge in [-0.1, -0.05) is 11.6 Å². The fourth-order valence-electron chi connectivity index (χ4n) is 1.29. The van der Waals surface area contributed by atoms with Crippen molar-refractivity contribution in [1.82, 2.24) is 4.98 Å². The molecule has 0 unspecified atom stereocenters. The Morgan fingerprint density at radius 2 is 2.38 bits per heavy atom. The van der Waals surface area contributed by atoms with Crippen molar-refractivity contribution in [3.8, 4) is 5.75 Å². The Morgan fingerprint density at radius 1 is 1.54 bits per heavy atom. The molecule has 13 heavy (non-hydrogen) atoms. The molecule has 1 aliphatic rings. The average Bonchev–Trinajstić information content (AvgIpc) is 2.28. The molecule has 0 saturated carbocycles. The Labute approximate surface area is 80.7 Å². The molecular formula is C9H8ClNO2. The normalized spacial score (nSPS) is 15.9. The first-order chi connectivity index (χ1) is 6.27. The van der Waals surface area contributed by atoms with Gasteiger partial charge in [-0.15, -0.1) is 0 Å². The molecule has 0 amide bonds. The monoisotopic (exact) mass is 197 g/mol. The number of hydrogen-bond acceptors (Lipinski definition) is 3. The van der Waals surface area contributed by atoms with E-state index < -0.39 is 0 Å². The van der Waals surface area contributed by atoms with E-state index in [2.05, 4.69) is 4.98 Å². The van der Waals surface area contributed by atoms with Crippen LogP contribution in [-0.2, 0) is 0 Å². The Balaban J connectivity index is 2.48. The van der Waals surface area contributed by atoms with Crippen molar-refractivity contribution in [1.29, 1.82) is 0 Å². The first-order valence-corrected chi connectivity index (χ1v) is 4.47. The SMILES string of the molecule is O=C1CCCOc2cc(Cl)ncc21. The molecule has 0 atom stereocenters. The minimum Gasteiger partial charge on any atom is -0.493 e. The van der Waals surface area contributed by atoms with Crippen LogP contribution in [0.3, 0.4) is 0 Å². The summed E-state index contributed by atoms with van der Waals surface area (Å²) in [5.41, 5.74) is 0.543. The van der Waals surface area contributed by atoms with Crippen LogP contribution >= 0.6 is 11.6 Å². The van der Waals surface area contributed by atoms with Gasteiger partial charge in [-0.25, -0.2) is 4.98 Å². The maximum absolute atomic E-state index is 11.5. The summed E-state index contributed by atoms with van der Waals surface area (Å²) in [5.74, 6) is 0.638. The van der Waals surface area contributed by atoms with Crippen LogP contribution in [-0.4, -0.2) is 17.4 Å². The van der Waals surface area contributed by atoms with E-state index in [9.17, 15) is 4.79 Å². The number of pyridine rings is 1. The minimum absolute atomic E-state index is 0.0802. The van der Waals surface area contributed by atoms with Crippen LogP contribution in [0.25, 0.3) is 0 Å². The second kappa shape index (κ2) is 3.34. The first-order valence-electron chi connectivity index (χ1n) is 4.09. The van der Waals surface area contributed by atoms with E-state index in [-0.39, 0.29) is 5.78 Å². The Bertz CT molecular complexity index is 351. The summed E-state index contributed by atoms with van der Waals surface area (Å²) >= 11 is 5.68. The van der Waals surface area contributed by atoms with E-state index >= 15 is 0 Å². The first kappa shape index (κ1) is 8.51. The molecule has 0 spiro atoms. The number of fused-ring (bicyclic) bond motifs is 1. The van der Waals surface area contributed by atoms with Gasteiger partial charge in [-0.2, -0.15) is 0 Å². The predicted octanol–water partition coefficient (Wildman–Crippen LogP) is 2.09. The van der Waals surface area contributed by atoms with Crippen LogP contribution in [0.5, 0.6) is 5.75 Å². The summed E-state index contributed by atoms with van der Waals surface area (Å²) in [7, 11) is 0. The van der Waals surface area contributed by atoms with Crippen molar-refractivity contribution < 1.29 is 9.53 Å². The van der Waals surface area contributed by atoms with Crippen LogP contribution in [0.1, 0.15) is 23.2 Å². The molecule has 1 aromatic heterocycles. The van der Waals surface area contributed by atoms with Crippen LogP contribution in [0.2, 0.25) is 5.15 Å². The molecular weight excluding hydrogens is 190 g/mol. The summed E-state index contributed by atoms with van der Waals surface area (Å²) in [6.07, 6.45) is 2.76. The van der Waals surface area contributed by atoms with Gasteiger partial charge in [0.05, 0.1) is 12.2 Å². The third-order valence-electron chi connectivity index (χ3n) is 1.94. The van der Waals surface area contributed by atoms with Gasteiger partial charge in [0.15, 0.2) is 5.78 Å². The molecule has 0 aliphatic carbocycles. The molecule has 0 radical (unpaired) electrons. The number of halogens is 1. The van der Waals surface area contributed by atoms with Gasteiger partial charge in [0.1, 0.15) is 10.9 Å². The number of Topliss-reactive ketones (excluding diaryl/α,β-unsaturated/α-hetero) is 1. The zero-order valence-electron chi connectivity index (χ0n) is 6.92. The van der Waals surface area contributed by atoms with Gasteiger partial charge >= 0.3 is 0 Å². The van der Waals surface area contributed by atoms with Gasteiger partial charge in [-0.3, -0.25) is 4.79 Å². The lowest BCUT2D eigenvalue weighted by Crippen LogP contribution is -1.98. The standard InChI is InChI=1S/C9H8ClNO2/c10-9-4-8-6(5-11-9)7(12)2-1-3-13-8/h4-5H,1-3H2. The number of aromatic nitrogens is 1. The lowest BCUT2D eigenvalue weighted by atomic mass is 10.1. The molecule has 1 aromatic rings. The number of rotatable bonds is 0.